The summed E-state index contributed by atoms with van der Waals surface area (Å²) in [6.07, 6.45) is 4.26. The molecular formula is C31H37Cl2N3O4. The van der Waals surface area contributed by atoms with E-state index < -0.39 is 6.23 Å². The summed E-state index contributed by atoms with van der Waals surface area (Å²) in [7, 11) is 0. The third-order valence-electron chi connectivity index (χ3n) is 9.30. The Kier molecular flexibility index (Phi) is 7.43. The molecule has 3 fully saturated rings. The molecule has 0 bridgehead atoms. The Balaban J connectivity index is 0.965. The lowest BCUT2D eigenvalue weighted by atomic mass is 10.0. The number of esters is 1. The number of hydrogen-bond acceptors (Lipinski definition) is 6. The average molecular weight is 587 g/mol. The molecule has 214 valence electrons. The second kappa shape index (κ2) is 10.7. The van der Waals surface area contributed by atoms with Crippen molar-refractivity contribution in [2.24, 2.45) is 10.8 Å². The van der Waals surface area contributed by atoms with Crippen molar-refractivity contribution < 1.29 is 19.1 Å². The fourth-order valence-electron chi connectivity index (χ4n) is 6.44. The Morgan fingerprint density at radius 2 is 1.77 bits per heavy atom. The van der Waals surface area contributed by atoms with Crippen molar-refractivity contribution in [1.29, 1.82) is 0 Å². The molecule has 9 heteroatoms. The molecule has 1 amide bonds. The third kappa shape index (κ3) is 5.17. The lowest BCUT2D eigenvalue weighted by Gasteiger charge is -2.36. The molecule has 0 radical (unpaired) electrons. The summed E-state index contributed by atoms with van der Waals surface area (Å²) in [5, 5.41) is 1.22. The third-order valence-corrected chi connectivity index (χ3v) is 10.1. The summed E-state index contributed by atoms with van der Waals surface area (Å²) < 4.78 is 11.9. The lowest BCUT2D eigenvalue weighted by Crippen LogP contribution is -2.46. The van der Waals surface area contributed by atoms with Crippen LogP contribution in [0.15, 0.2) is 36.4 Å². The van der Waals surface area contributed by atoms with Crippen molar-refractivity contribution in [2.45, 2.75) is 58.6 Å². The van der Waals surface area contributed by atoms with Crippen molar-refractivity contribution in [2.75, 3.05) is 49.1 Å². The molecule has 1 unspecified atom stereocenters. The van der Waals surface area contributed by atoms with E-state index in [1.165, 1.54) is 0 Å². The van der Waals surface area contributed by atoms with E-state index in [9.17, 15) is 9.59 Å². The van der Waals surface area contributed by atoms with Gasteiger partial charge in [0.1, 0.15) is 5.75 Å². The van der Waals surface area contributed by atoms with E-state index in [1.54, 1.807) is 11.8 Å². The van der Waals surface area contributed by atoms with Crippen LogP contribution in [0, 0.1) is 10.8 Å². The van der Waals surface area contributed by atoms with Crippen LogP contribution < -0.4 is 14.5 Å². The first kappa shape index (κ1) is 27.7. The normalized spacial score (nSPS) is 26.1. The molecular weight excluding hydrogens is 549 g/mol. The number of fused-ring (bicyclic) bond motifs is 2. The van der Waals surface area contributed by atoms with E-state index in [-0.39, 0.29) is 22.7 Å². The standard InChI is InChI=1S/C31H37Cl2N3O4/c1-21(40-29(38)31-19-30(31,2)20-31)36-26-18-23(10-8-22(26)9-11-27(36)37)39-17-4-3-12-34-13-15-35(16-14-34)25-7-5-6-24(32)28(25)33/h5-8,10,18,21H,3-4,9,11-17,19-20H2,1-2H3. The summed E-state index contributed by atoms with van der Waals surface area (Å²) in [5.74, 6) is 0.554. The fraction of sp³-hybridized carbons (Fsp3) is 0.548. The smallest absolute Gasteiger partial charge is 0.314 e. The maximum Gasteiger partial charge on any atom is 0.314 e. The minimum Gasteiger partial charge on any atom is -0.494 e. The van der Waals surface area contributed by atoms with Crippen LogP contribution in [0.5, 0.6) is 5.75 Å². The van der Waals surface area contributed by atoms with Gasteiger partial charge in [-0.15, -0.1) is 0 Å². The van der Waals surface area contributed by atoms with Gasteiger partial charge in [0.05, 0.1) is 33.4 Å². The van der Waals surface area contributed by atoms with E-state index in [0.29, 0.717) is 29.5 Å². The Hall–Kier alpha value is -2.48. The van der Waals surface area contributed by atoms with E-state index in [1.807, 2.05) is 36.4 Å². The predicted octanol–water partition coefficient (Wildman–Crippen LogP) is 5.94. The van der Waals surface area contributed by atoms with Gasteiger partial charge in [0, 0.05) is 38.7 Å². The molecule has 2 aliphatic carbocycles. The van der Waals surface area contributed by atoms with Crippen LogP contribution in [0.25, 0.3) is 0 Å². The molecule has 0 N–H and O–H groups in total. The highest BCUT2D eigenvalue weighted by Gasteiger charge is 2.85. The number of aryl methyl sites for hydroxylation is 1. The fourth-order valence-corrected chi connectivity index (χ4v) is 6.86. The van der Waals surface area contributed by atoms with Crippen molar-refractivity contribution in [3.63, 3.8) is 0 Å². The summed E-state index contributed by atoms with van der Waals surface area (Å²) in [6, 6.07) is 11.7. The molecule has 0 spiro atoms. The number of ether oxygens (including phenoxy) is 2. The Morgan fingerprint density at radius 3 is 2.50 bits per heavy atom. The van der Waals surface area contributed by atoms with E-state index in [4.69, 9.17) is 32.7 Å². The molecule has 6 rings (SSSR count). The Bertz CT molecular complexity index is 1300. The predicted molar refractivity (Wildman–Crippen MR) is 157 cm³/mol. The molecule has 2 aromatic carbocycles. The van der Waals surface area contributed by atoms with Gasteiger partial charge in [-0.2, -0.15) is 0 Å². The number of carbonyl (C=O) groups excluding carboxylic acids is 2. The molecule has 2 aromatic rings. The zero-order chi connectivity index (χ0) is 28.1. The second-order valence-electron chi connectivity index (χ2n) is 12.0. The van der Waals surface area contributed by atoms with Gasteiger partial charge in [0.15, 0.2) is 6.23 Å². The molecule has 1 atom stereocenters. The van der Waals surface area contributed by atoms with Gasteiger partial charge >= 0.3 is 5.97 Å². The first-order chi connectivity index (χ1) is 19.2. The number of unbranched alkanes of at least 4 members (excludes halogenated alkanes) is 1. The van der Waals surface area contributed by atoms with Crippen molar-refractivity contribution in [1.82, 2.24) is 4.90 Å². The zero-order valence-electron chi connectivity index (χ0n) is 23.3. The largest absolute Gasteiger partial charge is 0.494 e. The monoisotopic (exact) mass is 585 g/mol. The molecule has 7 nitrogen and oxygen atoms in total. The molecule has 2 saturated carbocycles. The molecule has 40 heavy (non-hydrogen) atoms. The van der Waals surface area contributed by atoms with Crippen LogP contribution in [0.1, 0.15) is 51.5 Å². The van der Waals surface area contributed by atoms with E-state index >= 15 is 0 Å². The van der Waals surface area contributed by atoms with Crippen molar-refractivity contribution in [3.05, 3.63) is 52.0 Å². The van der Waals surface area contributed by atoms with Gasteiger partial charge in [-0.05, 0) is 74.8 Å². The van der Waals surface area contributed by atoms with Gasteiger partial charge in [-0.1, -0.05) is 42.3 Å². The summed E-state index contributed by atoms with van der Waals surface area (Å²) in [5.41, 5.74) is 2.72. The average Bonchev–Trinajstić information content (AvgIpc) is 3.75. The SMILES string of the molecule is CC(OC(=O)C12CC1(C)C2)N1C(=O)CCc2ccc(OCCCCN3CCN(c4cccc(Cl)c4Cl)CC3)cc21. The minimum atomic E-state index is -0.635. The van der Waals surface area contributed by atoms with E-state index in [2.05, 4.69) is 16.7 Å². The van der Waals surface area contributed by atoms with Gasteiger partial charge in [0.2, 0.25) is 5.91 Å². The van der Waals surface area contributed by atoms with Gasteiger partial charge < -0.3 is 14.4 Å². The Morgan fingerprint density at radius 1 is 1.02 bits per heavy atom. The van der Waals surface area contributed by atoms with Gasteiger partial charge in [0.25, 0.3) is 0 Å². The van der Waals surface area contributed by atoms with Crippen LogP contribution in [0.2, 0.25) is 10.0 Å². The summed E-state index contributed by atoms with van der Waals surface area (Å²) in [6.45, 7) is 9.38. The van der Waals surface area contributed by atoms with Gasteiger partial charge in [-0.3, -0.25) is 19.4 Å². The highest BCUT2D eigenvalue weighted by Crippen LogP contribution is 2.86. The van der Waals surface area contributed by atoms with Crippen molar-refractivity contribution >= 4 is 46.5 Å². The second-order valence-corrected chi connectivity index (χ2v) is 12.8. The number of nitrogens with zero attached hydrogens (tertiary/aromatic N) is 3. The van der Waals surface area contributed by atoms with Crippen LogP contribution in [0.4, 0.5) is 11.4 Å². The number of rotatable bonds is 10. The number of piperazine rings is 1. The number of amides is 1. The molecule has 4 aliphatic rings. The van der Waals surface area contributed by atoms with Crippen LogP contribution >= 0.6 is 23.2 Å². The van der Waals surface area contributed by atoms with Crippen molar-refractivity contribution in [3.8, 4) is 5.75 Å². The highest BCUT2D eigenvalue weighted by atomic mass is 35.5. The highest BCUT2D eigenvalue weighted by molar-refractivity contribution is 6.43. The number of hydrogen-bond donors (Lipinski definition) is 0. The lowest BCUT2D eigenvalue weighted by molar-refractivity contribution is -0.153. The first-order valence-electron chi connectivity index (χ1n) is 14.4. The number of benzene rings is 2. The zero-order valence-corrected chi connectivity index (χ0v) is 24.8. The van der Waals surface area contributed by atoms with Crippen LogP contribution in [-0.4, -0.2) is 62.3 Å². The molecule has 1 saturated heterocycles. The molecule has 2 aliphatic heterocycles. The number of carbonyl (C=O) groups is 2. The maximum absolute atomic E-state index is 12.9. The van der Waals surface area contributed by atoms with Gasteiger partial charge in [-0.25, -0.2) is 0 Å². The summed E-state index contributed by atoms with van der Waals surface area (Å²) >= 11 is 12.6. The quantitative estimate of drug-likeness (QED) is 0.254. The van der Waals surface area contributed by atoms with Crippen LogP contribution in [0.3, 0.4) is 0 Å². The molecule has 0 aromatic heterocycles. The minimum absolute atomic E-state index is 0.0189. The topological polar surface area (TPSA) is 62.3 Å². The maximum atomic E-state index is 12.9. The first-order valence-corrected chi connectivity index (χ1v) is 15.2. The van der Waals surface area contributed by atoms with Crippen LogP contribution in [-0.2, 0) is 20.7 Å². The number of halogens is 2. The Labute approximate surface area is 246 Å². The summed E-state index contributed by atoms with van der Waals surface area (Å²) in [4.78, 5) is 32.0. The van der Waals surface area contributed by atoms with E-state index in [0.717, 1.165) is 81.1 Å². The number of anilines is 2. The molecule has 2 heterocycles.